The monoisotopic (exact) mass is 397 g/mol. The number of benzene rings is 3. The van der Waals surface area contributed by atoms with Gasteiger partial charge in [-0.2, -0.15) is 0 Å². The van der Waals surface area contributed by atoms with Crippen molar-refractivity contribution in [2.24, 2.45) is 10.2 Å². The van der Waals surface area contributed by atoms with Crippen LogP contribution in [-0.2, 0) is 0 Å². The summed E-state index contributed by atoms with van der Waals surface area (Å²) < 4.78 is 0. The highest BCUT2D eigenvalue weighted by Gasteiger charge is 2.09. The van der Waals surface area contributed by atoms with E-state index in [0.29, 0.717) is 5.02 Å². The van der Waals surface area contributed by atoms with E-state index in [4.69, 9.17) is 11.6 Å². The molecule has 0 bridgehead atoms. The Morgan fingerprint density at radius 3 is 2.62 bits per heavy atom. The summed E-state index contributed by atoms with van der Waals surface area (Å²) in [6.45, 7) is 0. The lowest BCUT2D eigenvalue weighted by molar-refractivity contribution is 0.457. The summed E-state index contributed by atoms with van der Waals surface area (Å²) in [6, 6.07) is 21.4. The quantitative estimate of drug-likeness (QED) is 0.485. The molecule has 0 saturated carbocycles. The zero-order valence-corrected chi connectivity index (χ0v) is 16.1. The number of aromatic hydroxyl groups is 1. The van der Waals surface area contributed by atoms with Crippen LogP contribution in [0.3, 0.4) is 0 Å². The number of hydrogen-bond donors (Lipinski definition) is 2. The second-order valence-electron chi connectivity index (χ2n) is 6.79. The van der Waals surface area contributed by atoms with Gasteiger partial charge in [0.1, 0.15) is 0 Å². The molecular weight excluding hydrogens is 382 g/mol. The number of azo groups is 1. The Balaban J connectivity index is 1.56. The van der Waals surface area contributed by atoms with Crippen molar-refractivity contribution in [2.75, 3.05) is 0 Å². The molecule has 0 radical (unpaired) electrons. The van der Waals surface area contributed by atoms with Gasteiger partial charge in [0.15, 0.2) is 5.88 Å². The van der Waals surface area contributed by atoms with Crippen molar-refractivity contribution < 1.29 is 5.11 Å². The third-order valence-electron chi connectivity index (χ3n) is 4.93. The molecular formula is C24H16ClN3O. The van der Waals surface area contributed by atoms with Crippen molar-refractivity contribution in [3.8, 4) is 5.88 Å². The van der Waals surface area contributed by atoms with Crippen molar-refractivity contribution in [1.29, 1.82) is 0 Å². The highest BCUT2D eigenvalue weighted by Crippen LogP contribution is 2.27. The van der Waals surface area contributed by atoms with E-state index in [2.05, 4.69) is 15.2 Å². The van der Waals surface area contributed by atoms with Crippen molar-refractivity contribution in [3.05, 3.63) is 99.4 Å². The fraction of sp³-hybridized carbons (Fsp3) is 0. The minimum atomic E-state index is 0.156. The third-order valence-corrected chi connectivity index (χ3v) is 5.27. The maximum atomic E-state index is 10.3. The molecule has 0 spiro atoms. The molecule has 0 aliphatic carbocycles. The van der Waals surface area contributed by atoms with Crippen molar-refractivity contribution >= 4 is 46.0 Å². The zero-order chi connectivity index (χ0) is 19.8. The Kier molecular flexibility index (Phi) is 4.26. The fourth-order valence-electron chi connectivity index (χ4n) is 3.46. The van der Waals surface area contributed by atoms with Gasteiger partial charge in [-0.25, -0.2) is 0 Å². The van der Waals surface area contributed by atoms with Gasteiger partial charge >= 0.3 is 0 Å². The Bertz CT molecular complexity index is 1430. The molecule has 0 fully saturated rings. The smallest absolute Gasteiger partial charge is 0.196 e. The molecule has 0 atom stereocenters. The minimum absolute atomic E-state index is 0.156. The Hall–Kier alpha value is -3.63. The Morgan fingerprint density at radius 1 is 0.897 bits per heavy atom. The topological polar surface area (TPSA) is 60.7 Å². The van der Waals surface area contributed by atoms with Crippen LogP contribution in [0, 0.1) is 0 Å². The van der Waals surface area contributed by atoms with Crippen LogP contribution in [0.5, 0.6) is 5.88 Å². The number of halogens is 1. The summed E-state index contributed by atoms with van der Waals surface area (Å²) in [4.78, 5) is 3.00. The van der Waals surface area contributed by atoms with Crippen LogP contribution in [0.1, 0.15) is 11.1 Å². The molecule has 0 unspecified atom stereocenters. The summed E-state index contributed by atoms with van der Waals surface area (Å²) in [5, 5.41) is 22.5. The number of H-pyrrole nitrogens is 1. The van der Waals surface area contributed by atoms with Gasteiger partial charge in [-0.05, 0) is 47.2 Å². The number of nitrogens with one attached hydrogen (secondary N) is 1. The van der Waals surface area contributed by atoms with Gasteiger partial charge in [0.25, 0.3) is 0 Å². The number of aromatic nitrogens is 1. The fourth-order valence-corrected chi connectivity index (χ4v) is 3.66. The van der Waals surface area contributed by atoms with Crippen LogP contribution in [0.4, 0.5) is 5.69 Å². The first-order valence-electron chi connectivity index (χ1n) is 9.19. The van der Waals surface area contributed by atoms with Crippen molar-refractivity contribution in [1.82, 2.24) is 4.98 Å². The molecule has 5 rings (SSSR count). The van der Waals surface area contributed by atoms with Gasteiger partial charge in [0.2, 0.25) is 0 Å². The third kappa shape index (κ3) is 3.24. The van der Waals surface area contributed by atoms with Crippen LogP contribution in [-0.4, -0.2) is 10.1 Å². The van der Waals surface area contributed by atoms with E-state index in [1.165, 1.54) is 0 Å². The molecule has 5 heteroatoms. The maximum Gasteiger partial charge on any atom is 0.196 e. The predicted octanol–water partition coefficient (Wildman–Crippen LogP) is 5.27. The number of aromatic amines is 1. The average Bonchev–Trinajstić information content (AvgIpc) is 3.28. The second kappa shape index (κ2) is 7.08. The van der Waals surface area contributed by atoms with E-state index >= 15 is 0 Å². The minimum Gasteiger partial charge on any atom is -0.494 e. The molecule has 1 aliphatic heterocycles. The molecule has 1 aliphatic rings. The van der Waals surface area contributed by atoms with Crippen LogP contribution < -0.4 is 10.4 Å². The van der Waals surface area contributed by atoms with Crippen LogP contribution in [0.2, 0.25) is 5.02 Å². The molecule has 2 N–H and O–H groups in total. The lowest BCUT2D eigenvalue weighted by Gasteiger charge is -1.96. The number of nitrogens with zero attached hydrogens (tertiary/aromatic N) is 2. The van der Waals surface area contributed by atoms with Crippen molar-refractivity contribution in [3.63, 3.8) is 0 Å². The second-order valence-corrected chi connectivity index (χ2v) is 7.20. The first-order chi connectivity index (χ1) is 14.2. The first-order valence-corrected chi connectivity index (χ1v) is 9.57. The molecule has 4 nitrogen and oxygen atoms in total. The van der Waals surface area contributed by atoms with Gasteiger partial charge in [-0.3, -0.25) is 0 Å². The molecule has 29 heavy (non-hydrogen) atoms. The van der Waals surface area contributed by atoms with E-state index < -0.39 is 0 Å². The number of fused-ring (bicyclic) bond motifs is 2. The van der Waals surface area contributed by atoms with Gasteiger partial charge in [-0.15, -0.1) is 10.2 Å². The van der Waals surface area contributed by atoms with Crippen molar-refractivity contribution in [2.45, 2.75) is 0 Å². The molecule has 2 heterocycles. The molecule has 0 saturated heterocycles. The normalized spacial score (nSPS) is 13.7. The van der Waals surface area contributed by atoms with Gasteiger partial charge in [0.05, 0.1) is 11.4 Å². The van der Waals surface area contributed by atoms with E-state index in [1.54, 1.807) is 0 Å². The van der Waals surface area contributed by atoms with Gasteiger partial charge in [-0.1, -0.05) is 60.1 Å². The first kappa shape index (κ1) is 17.5. The summed E-state index contributed by atoms with van der Waals surface area (Å²) in [5.41, 5.74) is 4.19. The lowest BCUT2D eigenvalue weighted by Crippen LogP contribution is -2.08. The molecule has 1 aromatic heterocycles. The van der Waals surface area contributed by atoms with E-state index in [9.17, 15) is 5.11 Å². The maximum absolute atomic E-state index is 10.3. The molecule has 3 aromatic carbocycles. The molecule has 0 amide bonds. The summed E-state index contributed by atoms with van der Waals surface area (Å²) in [7, 11) is 0. The van der Waals surface area contributed by atoms with E-state index in [1.807, 2.05) is 85.0 Å². The van der Waals surface area contributed by atoms with Crippen LogP contribution >= 0.6 is 11.6 Å². The summed E-state index contributed by atoms with van der Waals surface area (Å²) in [5.74, 6) is 0.156. The standard InChI is InChI=1S/C24H16ClN3O/c25-20-7-3-1-5-16(20)10-12-22-18-11-9-15(14-23(18)28-27-22)13-19-17-6-2-4-8-21(17)26-24(19)29/h1-14,26,29H. The Labute approximate surface area is 171 Å². The zero-order valence-electron chi connectivity index (χ0n) is 15.3. The SMILES string of the molecule is Oc1[nH]c2ccccc2c1C=c1ccc2c(c1)N=NC=2C=Cc1ccccc1Cl. The largest absolute Gasteiger partial charge is 0.494 e. The number of para-hydroxylation sites is 1. The van der Waals surface area contributed by atoms with Gasteiger partial charge in [0, 0.05) is 26.7 Å². The lowest BCUT2D eigenvalue weighted by atomic mass is 10.1. The average molecular weight is 398 g/mol. The predicted molar refractivity (Wildman–Crippen MR) is 118 cm³/mol. The highest BCUT2D eigenvalue weighted by molar-refractivity contribution is 6.32. The number of rotatable bonds is 3. The van der Waals surface area contributed by atoms with Crippen LogP contribution in [0.15, 0.2) is 83.0 Å². The summed E-state index contributed by atoms with van der Waals surface area (Å²) >= 11 is 6.21. The molecule has 140 valence electrons. The number of hydrogen-bond acceptors (Lipinski definition) is 3. The summed E-state index contributed by atoms with van der Waals surface area (Å²) in [6.07, 6.45) is 5.81. The molecule has 4 aromatic rings. The van der Waals surface area contributed by atoms with E-state index in [-0.39, 0.29) is 5.88 Å². The van der Waals surface area contributed by atoms with Gasteiger partial charge < -0.3 is 10.1 Å². The Morgan fingerprint density at radius 2 is 1.72 bits per heavy atom. The highest BCUT2D eigenvalue weighted by atomic mass is 35.5. The van der Waals surface area contributed by atoms with E-state index in [0.717, 1.165) is 43.9 Å². The van der Waals surface area contributed by atoms with Crippen LogP contribution in [0.25, 0.3) is 28.8 Å².